The van der Waals surface area contributed by atoms with Crippen molar-refractivity contribution in [3.8, 4) is 11.5 Å². The number of ether oxygens (including phenoxy) is 4. The molecule has 1 heterocycles. The van der Waals surface area contributed by atoms with Crippen LogP contribution in [0.1, 0.15) is 46.0 Å². The second-order valence-electron chi connectivity index (χ2n) is 9.33. The topological polar surface area (TPSA) is 103 Å². The molecular weight excluding hydrogens is 452 g/mol. The smallest absolute Gasteiger partial charge is 0.309 e. The first-order chi connectivity index (χ1) is 17.0. The monoisotopic (exact) mass is 488 g/mol. The Balaban J connectivity index is 1.40. The first kappa shape index (κ1) is 25.3. The SMILES string of the molecule is CCOc1cc(N2CCOCC2)c(OCC)cc1NC(=O)COC(=O)C1C[C@H]2CCC[C@@H](C1)C2=O. The fraction of sp³-hybridized carbons (Fsp3) is 0.654. The first-order valence-electron chi connectivity index (χ1n) is 12.8. The number of carbonyl (C=O) groups excluding carboxylic acids is 3. The minimum Gasteiger partial charge on any atom is -0.492 e. The van der Waals surface area contributed by atoms with Crippen LogP contribution in [0.5, 0.6) is 11.5 Å². The van der Waals surface area contributed by atoms with Gasteiger partial charge in [-0.05, 0) is 39.5 Å². The molecule has 0 aromatic heterocycles. The van der Waals surface area contributed by atoms with E-state index in [0.717, 1.165) is 38.0 Å². The number of nitrogens with zero attached hydrogens (tertiary/aromatic N) is 1. The van der Waals surface area contributed by atoms with Crippen molar-refractivity contribution in [3.05, 3.63) is 12.1 Å². The molecule has 2 aliphatic carbocycles. The van der Waals surface area contributed by atoms with Crippen LogP contribution in [0.15, 0.2) is 12.1 Å². The van der Waals surface area contributed by atoms with Crippen LogP contribution in [0.2, 0.25) is 0 Å². The molecule has 1 aliphatic heterocycles. The molecule has 2 saturated carbocycles. The molecule has 1 unspecified atom stereocenters. The van der Waals surface area contributed by atoms with Crippen LogP contribution in [0.25, 0.3) is 0 Å². The van der Waals surface area contributed by atoms with Crippen LogP contribution in [0.3, 0.4) is 0 Å². The van der Waals surface area contributed by atoms with Gasteiger partial charge in [0.15, 0.2) is 6.61 Å². The minimum absolute atomic E-state index is 0.0374. The summed E-state index contributed by atoms with van der Waals surface area (Å²) < 4.78 is 22.5. The summed E-state index contributed by atoms with van der Waals surface area (Å²) >= 11 is 0. The number of rotatable bonds is 9. The molecule has 35 heavy (non-hydrogen) atoms. The van der Waals surface area contributed by atoms with Crippen molar-refractivity contribution < 1.29 is 33.3 Å². The average molecular weight is 489 g/mol. The van der Waals surface area contributed by atoms with Gasteiger partial charge in [-0.25, -0.2) is 0 Å². The third-order valence-electron chi connectivity index (χ3n) is 7.01. The highest BCUT2D eigenvalue weighted by Crippen LogP contribution is 2.41. The summed E-state index contributed by atoms with van der Waals surface area (Å²) in [5.74, 6) is 0.230. The van der Waals surface area contributed by atoms with Gasteiger partial charge in [0.2, 0.25) is 0 Å². The molecule has 1 amide bonds. The van der Waals surface area contributed by atoms with Crippen LogP contribution in [-0.4, -0.2) is 63.8 Å². The van der Waals surface area contributed by atoms with Gasteiger partial charge in [0.05, 0.1) is 43.7 Å². The Morgan fingerprint density at radius 1 is 1.03 bits per heavy atom. The standard InChI is InChI=1S/C26H36N2O7/c1-3-33-22-15-21(28-8-10-32-11-9-28)23(34-4-2)14-20(22)27-24(29)16-35-26(31)19-12-17-6-5-7-18(13-19)25(17)30/h14-15,17-19H,3-13,16H2,1-2H3,(H,27,29)/t17-,18+,19?. The lowest BCUT2D eigenvalue weighted by molar-refractivity contribution is -0.155. The van der Waals surface area contributed by atoms with Crippen LogP contribution in [0.4, 0.5) is 11.4 Å². The third-order valence-corrected chi connectivity index (χ3v) is 7.01. The maximum atomic E-state index is 12.7. The average Bonchev–Trinajstić information content (AvgIpc) is 2.84. The van der Waals surface area contributed by atoms with Crippen LogP contribution in [-0.2, 0) is 23.9 Å². The summed E-state index contributed by atoms with van der Waals surface area (Å²) in [4.78, 5) is 39.8. The van der Waals surface area contributed by atoms with Gasteiger partial charge >= 0.3 is 5.97 Å². The molecule has 1 aromatic rings. The van der Waals surface area contributed by atoms with Crippen molar-refractivity contribution >= 4 is 29.0 Å². The van der Waals surface area contributed by atoms with Gasteiger partial charge in [-0.2, -0.15) is 0 Å². The van der Waals surface area contributed by atoms with E-state index in [9.17, 15) is 14.4 Å². The van der Waals surface area contributed by atoms with Gasteiger partial charge in [0, 0.05) is 37.1 Å². The molecule has 192 valence electrons. The molecule has 1 aromatic carbocycles. The van der Waals surface area contributed by atoms with E-state index in [-0.39, 0.29) is 24.4 Å². The van der Waals surface area contributed by atoms with E-state index in [2.05, 4.69) is 10.2 Å². The largest absolute Gasteiger partial charge is 0.492 e. The molecule has 4 rings (SSSR count). The second kappa shape index (κ2) is 11.7. The summed E-state index contributed by atoms with van der Waals surface area (Å²) in [5.41, 5.74) is 1.35. The van der Waals surface area contributed by atoms with Crippen molar-refractivity contribution in [2.45, 2.75) is 46.0 Å². The molecule has 1 N–H and O–H groups in total. The highest BCUT2D eigenvalue weighted by Gasteiger charge is 2.41. The number of fused-ring (bicyclic) bond motifs is 2. The Morgan fingerprint density at radius 2 is 1.69 bits per heavy atom. The van der Waals surface area contributed by atoms with Crippen LogP contribution in [0, 0.1) is 17.8 Å². The molecule has 9 heteroatoms. The summed E-state index contributed by atoms with van der Waals surface area (Å²) in [6.07, 6.45) is 3.81. The fourth-order valence-electron chi connectivity index (χ4n) is 5.36. The highest BCUT2D eigenvalue weighted by atomic mass is 16.5. The number of esters is 1. The zero-order valence-electron chi connectivity index (χ0n) is 20.7. The van der Waals surface area contributed by atoms with E-state index in [4.69, 9.17) is 18.9 Å². The van der Waals surface area contributed by atoms with Gasteiger partial charge in [-0.15, -0.1) is 0 Å². The highest BCUT2D eigenvalue weighted by molar-refractivity contribution is 5.95. The lowest BCUT2D eigenvalue weighted by Gasteiger charge is -2.36. The van der Waals surface area contributed by atoms with E-state index < -0.39 is 11.9 Å². The summed E-state index contributed by atoms with van der Waals surface area (Å²) in [7, 11) is 0. The number of carbonyl (C=O) groups is 3. The number of ketones is 1. The molecule has 9 nitrogen and oxygen atoms in total. The predicted molar refractivity (Wildman–Crippen MR) is 130 cm³/mol. The van der Waals surface area contributed by atoms with E-state index in [1.54, 1.807) is 6.07 Å². The Bertz CT molecular complexity index is 913. The molecule has 3 aliphatic rings. The van der Waals surface area contributed by atoms with Gasteiger partial charge < -0.3 is 29.2 Å². The van der Waals surface area contributed by atoms with Crippen LogP contribution < -0.4 is 19.7 Å². The maximum absolute atomic E-state index is 12.7. The number of morpholine rings is 1. The molecule has 0 radical (unpaired) electrons. The number of Topliss-reactive ketones (excluding diaryl/α,β-unsaturated/α-hetero) is 1. The summed E-state index contributed by atoms with van der Waals surface area (Å²) in [6.45, 7) is 7.04. The van der Waals surface area contributed by atoms with Crippen molar-refractivity contribution in [2.24, 2.45) is 17.8 Å². The predicted octanol–water partition coefficient (Wildman–Crippen LogP) is 3.20. The van der Waals surface area contributed by atoms with E-state index in [1.807, 2.05) is 19.9 Å². The summed E-state index contributed by atoms with van der Waals surface area (Å²) in [6, 6.07) is 3.63. The molecule has 3 atom stereocenters. The number of nitrogens with one attached hydrogen (secondary N) is 1. The van der Waals surface area contributed by atoms with E-state index in [0.29, 0.717) is 62.2 Å². The van der Waals surface area contributed by atoms with Crippen molar-refractivity contribution in [2.75, 3.05) is 56.3 Å². The molecule has 1 saturated heterocycles. The Hall–Kier alpha value is -2.81. The Labute approximate surface area is 206 Å². The number of benzene rings is 1. The van der Waals surface area contributed by atoms with Gasteiger partial charge in [0.1, 0.15) is 17.3 Å². The van der Waals surface area contributed by atoms with Gasteiger partial charge in [-0.3, -0.25) is 14.4 Å². The normalized spacial score (nSPS) is 24.0. The maximum Gasteiger partial charge on any atom is 0.309 e. The lowest BCUT2D eigenvalue weighted by Crippen LogP contribution is -2.40. The van der Waals surface area contributed by atoms with Gasteiger partial charge in [-0.1, -0.05) is 6.42 Å². The van der Waals surface area contributed by atoms with Crippen molar-refractivity contribution in [1.82, 2.24) is 0 Å². The molecule has 0 spiro atoms. The van der Waals surface area contributed by atoms with Crippen molar-refractivity contribution in [3.63, 3.8) is 0 Å². The van der Waals surface area contributed by atoms with Crippen LogP contribution >= 0.6 is 0 Å². The van der Waals surface area contributed by atoms with Crippen molar-refractivity contribution in [1.29, 1.82) is 0 Å². The minimum atomic E-state index is -0.451. The zero-order valence-corrected chi connectivity index (χ0v) is 20.7. The molecule has 3 fully saturated rings. The number of hydrogen-bond acceptors (Lipinski definition) is 8. The van der Waals surface area contributed by atoms with Gasteiger partial charge in [0.25, 0.3) is 5.91 Å². The molecular formula is C26H36N2O7. The summed E-state index contributed by atoms with van der Waals surface area (Å²) in [5, 5.41) is 2.81. The number of amides is 1. The number of anilines is 2. The van der Waals surface area contributed by atoms with E-state index in [1.165, 1.54) is 0 Å². The third kappa shape index (κ3) is 6.07. The quantitative estimate of drug-likeness (QED) is 0.529. The Kier molecular flexibility index (Phi) is 8.49. The number of hydrogen-bond donors (Lipinski definition) is 1. The zero-order chi connectivity index (χ0) is 24.8. The fourth-order valence-corrected chi connectivity index (χ4v) is 5.36. The Morgan fingerprint density at radius 3 is 2.34 bits per heavy atom. The molecule has 2 bridgehead atoms. The first-order valence-corrected chi connectivity index (χ1v) is 12.8. The van der Waals surface area contributed by atoms with E-state index >= 15 is 0 Å². The second-order valence-corrected chi connectivity index (χ2v) is 9.33. The lowest BCUT2D eigenvalue weighted by atomic mass is 9.67.